The van der Waals surface area contributed by atoms with Crippen molar-refractivity contribution >= 4 is 22.7 Å². The van der Waals surface area contributed by atoms with E-state index >= 15 is 0 Å². The van der Waals surface area contributed by atoms with Crippen molar-refractivity contribution in [3.8, 4) is 0 Å². The maximum atomic E-state index is 6.93. The quantitative estimate of drug-likeness (QED) is 0.342. The molecule has 3 nitrogen and oxygen atoms in total. The molecule has 0 saturated heterocycles. The normalized spacial score (nSPS) is 10.9. The van der Waals surface area contributed by atoms with Crippen LogP contribution in [-0.2, 0) is 0 Å². The first-order valence-corrected chi connectivity index (χ1v) is 3.12. The van der Waals surface area contributed by atoms with Crippen molar-refractivity contribution in [2.24, 2.45) is 4.99 Å². The van der Waals surface area contributed by atoms with Crippen LogP contribution in [0.3, 0.4) is 0 Å². The highest BCUT2D eigenvalue weighted by atomic mass is 35.5. The summed E-state index contributed by atoms with van der Waals surface area (Å²) in [7, 11) is 0. The summed E-state index contributed by atoms with van der Waals surface area (Å²) in [6, 6.07) is 0. The van der Waals surface area contributed by atoms with Gasteiger partial charge in [0.25, 0.3) is 0 Å². The predicted molar refractivity (Wildman–Crippen MR) is 44.6 cm³/mol. The Bertz CT molecular complexity index is 183. The van der Waals surface area contributed by atoms with Crippen LogP contribution in [0.15, 0.2) is 17.3 Å². The van der Waals surface area contributed by atoms with Crippen LogP contribution >= 0.6 is 11.6 Å². The van der Waals surface area contributed by atoms with Gasteiger partial charge in [-0.25, -0.2) is 4.99 Å². The SMILES string of the molecule is C=C(C)NC(Cl)=NC(C)=N. The minimum Gasteiger partial charge on any atom is -0.335 e. The molecule has 0 unspecified atom stereocenters. The van der Waals surface area contributed by atoms with E-state index in [2.05, 4.69) is 16.9 Å². The van der Waals surface area contributed by atoms with E-state index < -0.39 is 0 Å². The molecule has 0 bridgehead atoms. The van der Waals surface area contributed by atoms with Crippen molar-refractivity contribution in [3.63, 3.8) is 0 Å². The van der Waals surface area contributed by atoms with Gasteiger partial charge in [-0.2, -0.15) is 0 Å². The molecular weight excluding hydrogens is 150 g/mol. The fraction of sp³-hybridized carbons (Fsp3) is 0.333. The lowest BCUT2D eigenvalue weighted by Gasteiger charge is -1.99. The van der Waals surface area contributed by atoms with Gasteiger partial charge in [-0.05, 0) is 25.4 Å². The zero-order valence-electron chi connectivity index (χ0n) is 6.03. The van der Waals surface area contributed by atoms with Crippen molar-refractivity contribution < 1.29 is 0 Å². The Hall–Kier alpha value is -0.830. The van der Waals surface area contributed by atoms with Crippen LogP contribution in [0.1, 0.15) is 13.8 Å². The summed E-state index contributed by atoms with van der Waals surface area (Å²) in [5.41, 5.74) is 0.704. The predicted octanol–water partition coefficient (Wildman–Crippen LogP) is 1.70. The van der Waals surface area contributed by atoms with Crippen LogP contribution < -0.4 is 5.32 Å². The first kappa shape index (κ1) is 9.17. The standard InChI is InChI=1S/C6H10ClN3/c1-4(2)9-6(7)10-5(3)8/h1H2,2-3H3,(H2,8,9,10). The summed E-state index contributed by atoms with van der Waals surface area (Å²) in [6.45, 7) is 6.86. The van der Waals surface area contributed by atoms with E-state index in [-0.39, 0.29) is 11.1 Å². The van der Waals surface area contributed by atoms with E-state index in [4.69, 9.17) is 17.0 Å². The number of nitrogens with one attached hydrogen (secondary N) is 2. The number of aliphatic imine (C=N–C) groups is 1. The minimum absolute atomic E-state index is 0.166. The summed E-state index contributed by atoms with van der Waals surface area (Å²) in [5, 5.41) is 9.76. The number of allylic oxidation sites excluding steroid dienone is 1. The Morgan fingerprint density at radius 2 is 2.10 bits per heavy atom. The number of halogens is 1. The van der Waals surface area contributed by atoms with Gasteiger partial charge in [0.1, 0.15) is 5.84 Å². The summed E-state index contributed by atoms with van der Waals surface area (Å²) < 4.78 is 0. The van der Waals surface area contributed by atoms with Gasteiger partial charge in [-0.15, -0.1) is 0 Å². The second-order valence-electron chi connectivity index (χ2n) is 1.89. The van der Waals surface area contributed by atoms with Crippen molar-refractivity contribution in [3.05, 3.63) is 12.3 Å². The molecule has 0 aromatic heterocycles. The fourth-order valence-electron chi connectivity index (χ4n) is 0.351. The zero-order valence-corrected chi connectivity index (χ0v) is 6.79. The Kier molecular flexibility index (Phi) is 3.72. The van der Waals surface area contributed by atoms with E-state index in [1.54, 1.807) is 13.8 Å². The molecule has 56 valence electrons. The number of nitrogens with zero attached hydrogens (tertiary/aromatic N) is 1. The molecule has 4 heteroatoms. The van der Waals surface area contributed by atoms with Gasteiger partial charge in [0.05, 0.1) is 0 Å². The van der Waals surface area contributed by atoms with Gasteiger partial charge in [-0.1, -0.05) is 6.58 Å². The third-order valence-electron chi connectivity index (χ3n) is 0.582. The molecule has 0 atom stereocenters. The summed E-state index contributed by atoms with van der Waals surface area (Å²) in [5.74, 6) is 0.166. The highest BCUT2D eigenvalue weighted by Gasteiger charge is 1.91. The van der Waals surface area contributed by atoms with Gasteiger partial charge >= 0.3 is 0 Å². The van der Waals surface area contributed by atoms with Crippen molar-refractivity contribution in [1.82, 2.24) is 5.32 Å². The highest BCUT2D eigenvalue weighted by Crippen LogP contribution is 1.87. The van der Waals surface area contributed by atoms with Crippen LogP contribution in [0, 0.1) is 5.41 Å². The zero-order chi connectivity index (χ0) is 8.15. The van der Waals surface area contributed by atoms with Crippen molar-refractivity contribution in [2.45, 2.75) is 13.8 Å². The maximum Gasteiger partial charge on any atom is 0.201 e. The van der Waals surface area contributed by atoms with Crippen molar-refractivity contribution in [2.75, 3.05) is 0 Å². The molecule has 0 aromatic carbocycles. The number of rotatable bonds is 1. The molecule has 2 N–H and O–H groups in total. The molecule has 0 aliphatic carbocycles. The maximum absolute atomic E-state index is 6.93. The fourth-order valence-corrected chi connectivity index (χ4v) is 0.639. The first-order valence-electron chi connectivity index (χ1n) is 2.74. The summed E-state index contributed by atoms with van der Waals surface area (Å²) in [4.78, 5) is 3.61. The molecule has 0 radical (unpaired) electrons. The van der Waals surface area contributed by atoms with Gasteiger partial charge < -0.3 is 5.32 Å². The van der Waals surface area contributed by atoms with E-state index in [1.165, 1.54) is 0 Å². The Morgan fingerprint density at radius 3 is 2.40 bits per heavy atom. The van der Waals surface area contributed by atoms with Crippen molar-refractivity contribution in [1.29, 1.82) is 5.41 Å². The first-order chi connectivity index (χ1) is 4.52. The summed E-state index contributed by atoms with van der Waals surface area (Å²) >= 11 is 5.51. The van der Waals surface area contributed by atoms with Gasteiger partial charge in [-0.3, -0.25) is 5.41 Å². The second-order valence-corrected chi connectivity index (χ2v) is 2.25. The highest BCUT2D eigenvalue weighted by molar-refractivity contribution is 6.65. The van der Waals surface area contributed by atoms with Gasteiger partial charge in [0.15, 0.2) is 0 Å². The Morgan fingerprint density at radius 1 is 1.60 bits per heavy atom. The van der Waals surface area contributed by atoms with Gasteiger partial charge in [0, 0.05) is 5.70 Å². The average molecular weight is 160 g/mol. The van der Waals surface area contributed by atoms with Crippen LogP contribution in [0.5, 0.6) is 0 Å². The van der Waals surface area contributed by atoms with Crippen LogP contribution in [0.4, 0.5) is 0 Å². The molecule has 0 fully saturated rings. The Balaban J connectivity index is 3.95. The van der Waals surface area contributed by atoms with E-state index in [0.717, 1.165) is 0 Å². The number of hydrogen-bond donors (Lipinski definition) is 2. The molecule has 0 aliphatic rings. The molecule has 0 spiro atoms. The van der Waals surface area contributed by atoms with Crippen LogP contribution in [-0.4, -0.2) is 11.1 Å². The average Bonchev–Trinajstić information content (AvgIpc) is 1.58. The molecule has 10 heavy (non-hydrogen) atoms. The third-order valence-corrected chi connectivity index (χ3v) is 0.761. The van der Waals surface area contributed by atoms with E-state index in [9.17, 15) is 0 Å². The molecular formula is C6H10ClN3. The monoisotopic (exact) mass is 159 g/mol. The minimum atomic E-state index is 0.166. The summed E-state index contributed by atoms with van der Waals surface area (Å²) in [6.07, 6.45) is 0. The lowest BCUT2D eigenvalue weighted by atomic mass is 10.6. The molecule has 0 aromatic rings. The Labute approximate surface area is 65.3 Å². The molecule has 0 heterocycles. The number of hydrogen-bond acceptors (Lipinski definition) is 1. The smallest absolute Gasteiger partial charge is 0.201 e. The largest absolute Gasteiger partial charge is 0.335 e. The number of amidine groups is 2. The molecule has 0 amide bonds. The molecule has 0 saturated carbocycles. The third kappa shape index (κ3) is 5.31. The van der Waals surface area contributed by atoms with E-state index in [0.29, 0.717) is 5.70 Å². The second kappa shape index (κ2) is 4.06. The van der Waals surface area contributed by atoms with Gasteiger partial charge in [0.2, 0.25) is 5.29 Å². The lowest BCUT2D eigenvalue weighted by Crippen LogP contribution is -2.15. The van der Waals surface area contributed by atoms with E-state index in [1.807, 2.05) is 0 Å². The topological polar surface area (TPSA) is 48.2 Å². The molecule has 0 rings (SSSR count). The van der Waals surface area contributed by atoms with Crippen LogP contribution in [0.25, 0.3) is 0 Å². The van der Waals surface area contributed by atoms with Crippen LogP contribution in [0.2, 0.25) is 0 Å². The lowest BCUT2D eigenvalue weighted by molar-refractivity contribution is 1.15. The molecule has 0 aliphatic heterocycles.